The first-order chi connectivity index (χ1) is 24.4. The second kappa shape index (κ2) is 17.1. The van der Waals surface area contributed by atoms with Crippen molar-refractivity contribution < 1.29 is 37.1 Å². The van der Waals surface area contributed by atoms with Crippen LogP contribution in [0.4, 0.5) is 9.59 Å². The number of carbonyl (C=O) groups is 4. The Hall–Kier alpha value is -3.81. The molecular weight excluding hydrogens is 675 g/mol. The molecule has 13 nitrogen and oxygen atoms in total. The van der Waals surface area contributed by atoms with Gasteiger partial charge >= 0.3 is 12.2 Å². The van der Waals surface area contributed by atoms with Crippen LogP contribution in [-0.4, -0.2) is 84.8 Å². The van der Waals surface area contributed by atoms with Crippen molar-refractivity contribution in [3.63, 3.8) is 0 Å². The minimum Gasteiger partial charge on any atom is -0.450 e. The van der Waals surface area contributed by atoms with Crippen LogP contribution in [0.1, 0.15) is 108 Å². The van der Waals surface area contributed by atoms with E-state index in [1.165, 1.54) is 10.5 Å². The average Bonchev–Trinajstić information content (AvgIpc) is 3.75. The number of amides is 4. The Morgan fingerprint density at radius 2 is 1.82 bits per heavy atom. The third-order valence-electron chi connectivity index (χ3n) is 10.6. The molecule has 3 N–H and O–H groups in total. The van der Waals surface area contributed by atoms with E-state index in [-0.39, 0.29) is 31.2 Å². The molecular formula is C37H55N5O8S. The van der Waals surface area contributed by atoms with Crippen LogP contribution in [0, 0.1) is 5.92 Å². The molecule has 0 spiro atoms. The maximum absolute atomic E-state index is 14.3. The van der Waals surface area contributed by atoms with Crippen LogP contribution in [0.2, 0.25) is 0 Å². The molecule has 51 heavy (non-hydrogen) atoms. The quantitative estimate of drug-likeness (QED) is 0.297. The normalized spacial score (nSPS) is 24.5. The van der Waals surface area contributed by atoms with Crippen LogP contribution in [0.15, 0.2) is 30.5 Å². The van der Waals surface area contributed by atoms with Crippen molar-refractivity contribution >= 4 is 34.0 Å². The van der Waals surface area contributed by atoms with Gasteiger partial charge in [-0.25, -0.2) is 18.0 Å². The highest BCUT2D eigenvalue weighted by Gasteiger charge is 2.45. The van der Waals surface area contributed by atoms with Gasteiger partial charge in [0.2, 0.25) is 21.8 Å². The molecule has 282 valence electrons. The number of ether oxygens (including phenoxy) is 2. The number of fused-ring (bicyclic) bond motifs is 3. The molecule has 1 aliphatic carbocycles. The second-order valence-electron chi connectivity index (χ2n) is 14.5. The van der Waals surface area contributed by atoms with Gasteiger partial charge in [-0.3, -0.25) is 19.2 Å². The summed E-state index contributed by atoms with van der Waals surface area (Å²) in [6.07, 6.45) is 5.98. The first kappa shape index (κ1) is 38.4. The first-order valence-electron chi connectivity index (χ1n) is 18.7. The zero-order chi connectivity index (χ0) is 36.7. The minimum absolute atomic E-state index is 0.0355. The van der Waals surface area contributed by atoms with Crippen molar-refractivity contribution in [2.75, 3.05) is 13.2 Å². The third-order valence-corrected chi connectivity index (χ3v) is 12.5. The van der Waals surface area contributed by atoms with Crippen LogP contribution in [0.25, 0.3) is 0 Å². The zero-order valence-electron chi connectivity index (χ0n) is 30.3. The smallest absolute Gasteiger partial charge is 0.410 e. The van der Waals surface area contributed by atoms with Crippen molar-refractivity contribution in [3.8, 4) is 0 Å². The summed E-state index contributed by atoms with van der Waals surface area (Å²) < 4.78 is 39.6. The van der Waals surface area contributed by atoms with E-state index in [1.54, 1.807) is 4.90 Å². The van der Waals surface area contributed by atoms with E-state index in [0.717, 1.165) is 43.2 Å². The summed E-state index contributed by atoms with van der Waals surface area (Å²) in [4.78, 5) is 58.0. The lowest BCUT2D eigenvalue weighted by Crippen LogP contribution is -2.56. The standard InChI is InChI=1S/C37H55N5O8S/c1-5-7-16-31-35(44)42-22-28(20-32(42)34(43)39-33(24(3)6-2)25(4)40-51(47,48)29-17-18-29)50-37(46)41-21-27-15-12-14-26(30(27)23-41)13-10-8-9-11-19-49-36(45)38-31/h12,14-15,24,28-29,31-33,40H,4-11,13,16-23H2,1-3H3,(H,38,45)(H,39,43)/t24-,28+,31-,32-,33?/m0/s1. The summed E-state index contributed by atoms with van der Waals surface area (Å²) in [7, 11) is -3.62. The number of nitrogens with one attached hydrogen (secondary N) is 3. The summed E-state index contributed by atoms with van der Waals surface area (Å²) >= 11 is 0. The van der Waals surface area contributed by atoms with Gasteiger partial charge in [0.25, 0.3) is 0 Å². The van der Waals surface area contributed by atoms with E-state index in [1.807, 2.05) is 32.9 Å². The Bertz CT molecular complexity index is 1560. The van der Waals surface area contributed by atoms with Gasteiger partial charge < -0.3 is 25.0 Å². The van der Waals surface area contributed by atoms with Crippen molar-refractivity contribution in [1.82, 2.24) is 25.2 Å². The highest BCUT2D eigenvalue weighted by atomic mass is 32.2. The molecule has 4 aliphatic rings. The SMILES string of the molecule is C=C(NS(=O)(=O)C1CC1)C(NC(=O)[C@@H]1C[C@@H]2CN1C(=O)[C@H](CCCC)NC(=O)OCCCCCCc1cccc3c1CN(C3)C(=O)O2)[C@@H](C)CC. The van der Waals surface area contributed by atoms with Gasteiger partial charge in [0.15, 0.2) is 0 Å². The summed E-state index contributed by atoms with van der Waals surface area (Å²) in [6.45, 7) is 10.8. The average molecular weight is 730 g/mol. The molecule has 0 aromatic heterocycles. The number of aryl methyl sites for hydroxylation is 1. The zero-order valence-corrected chi connectivity index (χ0v) is 31.1. The number of cyclic esters (lactones) is 1. The van der Waals surface area contributed by atoms with Crippen molar-refractivity contribution in [2.45, 2.75) is 140 Å². The van der Waals surface area contributed by atoms with Gasteiger partial charge in [-0.2, -0.15) is 0 Å². The highest BCUT2D eigenvalue weighted by Crippen LogP contribution is 2.31. The maximum Gasteiger partial charge on any atom is 0.410 e. The van der Waals surface area contributed by atoms with Crippen molar-refractivity contribution in [1.29, 1.82) is 0 Å². The van der Waals surface area contributed by atoms with Gasteiger partial charge in [0.05, 0.1) is 24.4 Å². The van der Waals surface area contributed by atoms with Crippen molar-refractivity contribution in [2.24, 2.45) is 5.92 Å². The van der Waals surface area contributed by atoms with E-state index in [4.69, 9.17) is 9.47 Å². The topological polar surface area (TPSA) is 163 Å². The molecule has 5 atom stereocenters. The molecule has 1 saturated carbocycles. The number of nitrogens with zero attached hydrogens (tertiary/aromatic N) is 2. The fourth-order valence-electron chi connectivity index (χ4n) is 7.20. The first-order valence-corrected chi connectivity index (χ1v) is 20.3. The molecule has 1 saturated heterocycles. The predicted molar refractivity (Wildman–Crippen MR) is 192 cm³/mol. The Balaban J connectivity index is 1.39. The van der Waals surface area contributed by atoms with Crippen LogP contribution in [-0.2, 0) is 48.6 Å². The molecule has 5 rings (SSSR count). The molecule has 1 aromatic rings. The number of unbranched alkanes of at least 4 members (excludes halogenated alkanes) is 1. The minimum atomic E-state index is -3.62. The predicted octanol–water partition coefficient (Wildman–Crippen LogP) is 4.64. The van der Waals surface area contributed by atoms with Crippen LogP contribution in [0.3, 0.4) is 0 Å². The molecule has 4 bridgehead atoms. The third kappa shape index (κ3) is 9.75. The Labute approximate surface area is 302 Å². The van der Waals surface area contributed by atoms with Gasteiger partial charge in [-0.1, -0.05) is 77.7 Å². The molecule has 14 heteroatoms. The lowest BCUT2D eigenvalue weighted by molar-refractivity contribution is -0.140. The summed E-state index contributed by atoms with van der Waals surface area (Å²) in [5.41, 5.74) is 3.58. The monoisotopic (exact) mass is 729 g/mol. The maximum atomic E-state index is 14.3. The molecule has 1 unspecified atom stereocenters. The van der Waals surface area contributed by atoms with Crippen LogP contribution < -0.4 is 15.4 Å². The number of benzene rings is 1. The lowest BCUT2D eigenvalue weighted by atomic mass is 9.96. The Morgan fingerprint density at radius 1 is 1.08 bits per heavy atom. The highest BCUT2D eigenvalue weighted by molar-refractivity contribution is 7.90. The largest absolute Gasteiger partial charge is 0.450 e. The summed E-state index contributed by atoms with van der Waals surface area (Å²) in [5, 5.41) is 5.24. The number of hydrogen-bond acceptors (Lipinski definition) is 8. The van der Waals surface area contributed by atoms with Crippen LogP contribution >= 0.6 is 0 Å². The number of carbonyl (C=O) groups excluding carboxylic acids is 4. The number of sulfonamides is 1. The van der Waals surface area contributed by atoms with Crippen LogP contribution in [0.5, 0.6) is 0 Å². The number of alkyl carbamates (subject to hydrolysis) is 1. The molecule has 3 aliphatic heterocycles. The number of hydrogen-bond donors (Lipinski definition) is 3. The molecule has 0 radical (unpaired) electrons. The van der Waals surface area contributed by atoms with E-state index in [9.17, 15) is 27.6 Å². The van der Waals surface area contributed by atoms with Gasteiger partial charge in [0, 0.05) is 25.2 Å². The van der Waals surface area contributed by atoms with Gasteiger partial charge in [-0.15, -0.1) is 0 Å². The molecule has 2 fully saturated rings. The summed E-state index contributed by atoms with van der Waals surface area (Å²) in [5.74, 6) is -1.18. The van der Waals surface area contributed by atoms with Gasteiger partial charge in [0.1, 0.15) is 18.2 Å². The van der Waals surface area contributed by atoms with E-state index in [2.05, 4.69) is 28.0 Å². The fraction of sp³-hybridized carbons (Fsp3) is 0.676. The molecule has 1 aromatic carbocycles. The van der Waals surface area contributed by atoms with E-state index < -0.39 is 63.5 Å². The van der Waals surface area contributed by atoms with Crippen molar-refractivity contribution in [3.05, 3.63) is 47.2 Å². The van der Waals surface area contributed by atoms with E-state index >= 15 is 0 Å². The van der Waals surface area contributed by atoms with E-state index in [0.29, 0.717) is 51.6 Å². The lowest BCUT2D eigenvalue weighted by Gasteiger charge is -2.31. The molecule has 4 amide bonds. The Morgan fingerprint density at radius 3 is 2.55 bits per heavy atom. The second-order valence-corrected chi connectivity index (χ2v) is 16.5. The fourth-order valence-corrected chi connectivity index (χ4v) is 8.61. The van der Waals surface area contributed by atoms with Gasteiger partial charge in [-0.05, 0) is 61.1 Å². The number of rotatable bonds is 11. The molecule has 3 heterocycles. The summed E-state index contributed by atoms with van der Waals surface area (Å²) in [6, 6.07) is 3.39. The Kier molecular flexibility index (Phi) is 12.9.